The summed E-state index contributed by atoms with van der Waals surface area (Å²) in [5.74, 6) is -0.306. The lowest BCUT2D eigenvalue weighted by atomic mass is 9.95. The van der Waals surface area contributed by atoms with Crippen LogP contribution in [0.1, 0.15) is 25.7 Å². The van der Waals surface area contributed by atoms with Crippen molar-refractivity contribution in [1.29, 1.82) is 0 Å². The molecule has 0 radical (unpaired) electrons. The van der Waals surface area contributed by atoms with Gasteiger partial charge in [-0.15, -0.1) is 0 Å². The van der Waals surface area contributed by atoms with Crippen molar-refractivity contribution in [2.45, 2.75) is 20.1 Å². The van der Waals surface area contributed by atoms with Gasteiger partial charge < -0.3 is 9.47 Å². The van der Waals surface area contributed by atoms with Crippen molar-refractivity contribution in [2.75, 3.05) is 13.2 Å². The van der Waals surface area contributed by atoms with Crippen LogP contribution in [0.25, 0.3) is 0 Å². The van der Waals surface area contributed by atoms with Crippen molar-refractivity contribution in [3.63, 3.8) is 0 Å². The number of ether oxygens (including phenoxy) is 2. The Morgan fingerprint density at radius 1 is 1.31 bits per heavy atom. The third-order valence-corrected chi connectivity index (χ3v) is 3.18. The van der Waals surface area contributed by atoms with Gasteiger partial charge >= 0.3 is 0 Å². The molecule has 0 spiro atoms. The monoisotopic (exact) mass is 288 g/mol. The molecule has 0 saturated carbocycles. The van der Waals surface area contributed by atoms with E-state index in [1.165, 1.54) is 6.07 Å². The van der Waals surface area contributed by atoms with Gasteiger partial charge in [0.05, 0.1) is 18.8 Å². The summed E-state index contributed by atoms with van der Waals surface area (Å²) in [5.41, 5.74) is 0.437. The normalized spacial score (nSPS) is 21.0. The van der Waals surface area contributed by atoms with Crippen molar-refractivity contribution in [2.24, 2.45) is 5.41 Å². The highest BCUT2D eigenvalue weighted by Crippen LogP contribution is 2.35. The van der Waals surface area contributed by atoms with Crippen molar-refractivity contribution in [3.05, 3.63) is 34.1 Å². The minimum Gasteiger partial charge on any atom is -0.348 e. The zero-order chi connectivity index (χ0) is 11.8. The van der Waals surface area contributed by atoms with Crippen LogP contribution in [-0.2, 0) is 9.47 Å². The second-order valence-electron chi connectivity index (χ2n) is 4.75. The van der Waals surface area contributed by atoms with Crippen LogP contribution in [0.3, 0.4) is 0 Å². The van der Waals surface area contributed by atoms with E-state index >= 15 is 0 Å². The molecule has 0 aliphatic carbocycles. The zero-order valence-corrected chi connectivity index (χ0v) is 10.9. The molecular formula is C12H14BrFO2. The Balaban J connectivity index is 2.20. The molecule has 2 nitrogen and oxygen atoms in total. The summed E-state index contributed by atoms with van der Waals surface area (Å²) in [6, 6.07) is 4.84. The van der Waals surface area contributed by atoms with Crippen LogP contribution in [0.15, 0.2) is 22.7 Å². The Labute approximate surface area is 103 Å². The molecule has 0 amide bonds. The van der Waals surface area contributed by atoms with Gasteiger partial charge in [-0.3, -0.25) is 0 Å². The van der Waals surface area contributed by atoms with Crippen LogP contribution in [-0.4, -0.2) is 13.2 Å². The summed E-state index contributed by atoms with van der Waals surface area (Å²) >= 11 is 3.31. The first-order valence-electron chi connectivity index (χ1n) is 5.17. The Morgan fingerprint density at radius 2 is 1.94 bits per heavy atom. The molecule has 0 atom stereocenters. The second kappa shape index (κ2) is 4.43. The van der Waals surface area contributed by atoms with Crippen molar-refractivity contribution < 1.29 is 13.9 Å². The summed E-state index contributed by atoms with van der Waals surface area (Å²) in [7, 11) is 0. The average Bonchev–Trinajstić information content (AvgIpc) is 2.20. The molecule has 1 saturated heterocycles. The first kappa shape index (κ1) is 12.0. The molecule has 0 aromatic heterocycles. The number of hydrogen-bond acceptors (Lipinski definition) is 2. The van der Waals surface area contributed by atoms with Crippen LogP contribution in [0.5, 0.6) is 0 Å². The third kappa shape index (κ3) is 2.44. The topological polar surface area (TPSA) is 18.5 Å². The number of halogens is 2. The smallest absolute Gasteiger partial charge is 0.187 e. The predicted molar refractivity (Wildman–Crippen MR) is 62.5 cm³/mol. The molecular weight excluding hydrogens is 275 g/mol. The summed E-state index contributed by atoms with van der Waals surface area (Å²) in [5, 5.41) is 0. The third-order valence-electron chi connectivity index (χ3n) is 2.49. The predicted octanol–water partition coefficient (Wildman–Crippen LogP) is 3.66. The molecule has 1 heterocycles. The summed E-state index contributed by atoms with van der Waals surface area (Å²) in [6.07, 6.45) is -0.608. The van der Waals surface area contributed by atoms with Gasteiger partial charge in [-0.25, -0.2) is 4.39 Å². The molecule has 0 N–H and O–H groups in total. The Bertz CT molecular complexity index is 362. The van der Waals surface area contributed by atoms with Crippen molar-refractivity contribution in [1.82, 2.24) is 0 Å². The van der Waals surface area contributed by atoms with E-state index in [9.17, 15) is 4.39 Å². The molecule has 1 aliphatic rings. The molecule has 4 heteroatoms. The fraction of sp³-hybridized carbons (Fsp3) is 0.500. The maximum absolute atomic E-state index is 13.6. The van der Waals surface area contributed by atoms with Gasteiger partial charge in [-0.2, -0.15) is 0 Å². The average molecular weight is 289 g/mol. The minimum absolute atomic E-state index is 0.00572. The van der Waals surface area contributed by atoms with Crippen LogP contribution in [0.4, 0.5) is 4.39 Å². The van der Waals surface area contributed by atoms with E-state index in [0.717, 1.165) is 0 Å². The quantitative estimate of drug-likeness (QED) is 0.785. The lowest BCUT2D eigenvalue weighted by molar-refractivity contribution is -0.227. The Hall–Kier alpha value is -0.450. The standard InChI is InChI=1S/C12H14BrFO2/c1-12(2)6-15-11(16-7-12)10-8(13)4-3-5-9(10)14/h3-5,11H,6-7H2,1-2H3. The van der Waals surface area contributed by atoms with E-state index in [2.05, 4.69) is 29.8 Å². The lowest BCUT2D eigenvalue weighted by Crippen LogP contribution is -2.34. The number of hydrogen-bond donors (Lipinski definition) is 0. The van der Waals surface area contributed by atoms with Crippen LogP contribution < -0.4 is 0 Å². The molecule has 1 fully saturated rings. The molecule has 88 valence electrons. The maximum atomic E-state index is 13.6. The van der Waals surface area contributed by atoms with Crippen LogP contribution in [0, 0.1) is 11.2 Å². The molecule has 2 rings (SSSR count). The maximum Gasteiger partial charge on any atom is 0.187 e. The summed E-state index contributed by atoms with van der Waals surface area (Å²) < 4.78 is 25.4. The van der Waals surface area contributed by atoms with Gasteiger partial charge in [0.2, 0.25) is 0 Å². The molecule has 1 aliphatic heterocycles. The van der Waals surface area contributed by atoms with Gasteiger partial charge in [0.25, 0.3) is 0 Å². The fourth-order valence-electron chi connectivity index (χ4n) is 1.59. The largest absolute Gasteiger partial charge is 0.348 e. The van der Waals surface area contributed by atoms with E-state index in [1.807, 2.05) is 0 Å². The summed E-state index contributed by atoms with van der Waals surface area (Å²) in [6.45, 7) is 5.25. The number of rotatable bonds is 1. The van der Waals surface area contributed by atoms with Crippen LogP contribution >= 0.6 is 15.9 Å². The van der Waals surface area contributed by atoms with Crippen LogP contribution in [0.2, 0.25) is 0 Å². The highest BCUT2D eigenvalue weighted by Gasteiger charge is 2.31. The van der Waals surface area contributed by atoms with E-state index in [1.54, 1.807) is 12.1 Å². The van der Waals surface area contributed by atoms with Gasteiger partial charge in [0, 0.05) is 9.89 Å². The first-order chi connectivity index (χ1) is 7.49. The molecule has 1 aromatic rings. The highest BCUT2D eigenvalue weighted by atomic mass is 79.9. The first-order valence-corrected chi connectivity index (χ1v) is 5.96. The van der Waals surface area contributed by atoms with E-state index < -0.39 is 6.29 Å². The van der Waals surface area contributed by atoms with Crippen molar-refractivity contribution in [3.8, 4) is 0 Å². The highest BCUT2D eigenvalue weighted by molar-refractivity contribution is 9.10. The number of benzene rings is 1. The second-order valence-corrected chi connectivity index (χ2v) is 5.61. The molecule has 16 heavy (non-hydrogen) atoms. The minimum atomic E-state index is -0.608. The van der Waals surface area contributed by atoms with Gasteiger partial charge in [-0.1, -0.05) is 35.8 Å². The zero-order valence-electron chi connectivity index (χ0n) is 9.30. The Kier molecular flexibility index (Phi) is 3.33. The molecule has 0 bridgehead atoms. The van der Waals surface area contributed by atoms with Crippen molar-refractivity contribution >= 4 is 15.9 Å². The van der Waals surface area contributed by atoms with E-state index in [4.69, 9.17) is 9.47 Å². The van der Waals surface area contributed by atoms with E-state index in [0.29, 0.717) is 23.2 Å². The molecule has 1 aromatic carbocycles. The molecule has 0 unspecified atom stereocenters. The Morgan fingerprint density at radius 3 is 2.50 bits per heavy atom. The van der Waals surface area contributed by atoms with Gasteiger partial charge in [0.1, 0.15) is 5.82 Å². The SMILES string of the molecule is CC1(C)COC(c2c(F)cccc2Br)OC1. The fourth-order valence-corrected chi connectivity index (χ4v) is 2.12. The lowest BCUT2D eigenvalue weighted by Gasteiger charge is -2.35. The summed E-state index contributed by atoms with van der Waals surface area (Å²) in [4.78, 5) is 0. The van der Waals surface area contributed by atoms with Gasteiger partial charge in [0.15, 0.2) is 6.29 Å². The van der Waals surface area contributed by atoms with Gasteiger partial charge in [-0.05, 0) is 12.1 Å². The van der Waals surface area contributed by atoms with E-state index in [-0.39, 0.29) is 11.2 Å².